The Labute approximate surface area is 134 Å². The molecule has 1 fully saturated rings. The molecule has 3 rings (SSSR count). The summed E-state index contributed by atoms with van der Waals surface area (Å²) in [6, 6.07) is 10.6. The number of benzene rings is 1. The van der Waals surface area contributed by atoms with Crippen LogP contribution in [0.4, 0.5) is 5.82 Å². The lowest BCUT2D eigenvalue weighted by Gasteiger charge is -2.19. The summed E-state index contributed by atoms with van der Waals surface area (Å²) in [6.45, 7) is 3.66. The van der Waals surface area contributed by atoms with Crippen LogP contribution in [0.3, 0.4) is 0 Å². The fourth-order valence-corrected chi connectivity index (χ4v) is 2.65. The number of likely N-dealkylation sites (tertiary alicyclic amines) is 1. The molecular formula is C17H18N4O2. The van der Waals surface area contributed by atoms with Crippen LogP contribution in [0.15, 0.2) is 42.6 Å². The topological polar surface area (TPSA) is 75.2 Å². The van der Waals surface area contributed by atoms with E-state index in [0.29, 0.717) is 11.6 Å². The van der Waals surface area contributed by atoms with E-state index in [4.69, 9.17) is 0 Å². The first kappa shape index (κ1) is 15.1. The first-order valence-corrected chi connectivity index (χ1v) is 7.57. The Morgan fingerprint density at radius 1 is 1.17 bits per heavy atom. The van der Waals surface area contributed by atoms with Gasteiger partial charge in [0.1, 0.15) is 11.9 Å². The van der Waals surface area contributed by atoms with E-state index in [1.165, 1.54) is 4.90 Å². The van der Waals surface area contributed by atoms with Gasteiger partial charge in [-0.2, -0.15) is 0 Å². The van der Waals surface area contributed by atoms with Crippen LogP contribution in [-0.4, -0.2) is 38.8 Å². The van der Waals surface area contributed by atoms with Crippen LogP contribution in [-0.2, 0) is 9.59 Å². The van der Waals surface area contributed by atoms with Crippen molar-refractivity contribution >= 4 is 17.6 Å². The molecule has 1 atom stereocenters. The normalized spacial score (nSPS) is 17.9. The van der Waals surface area contributed by atoms with Gasteiger partial charge in [0, 0.05) is 17.8 Å². The summed E-state index contributed by atoms with van der Waals surface area (Å²) in [5, 5.41) is 3.05. The van der Waals surface area contributed by atoms with Crippen molar-refractivity contribution in [1.82, 2.24) is 14.9 Å². The monoisotopic (exact) mass is 310 g/mol. The molecule has 6 heteroatoms. The minimum Gasteiger partial charge on any atom is -0.358 e. The zero-order chi connectivity index (χ0) is 16.4. The van der Waals surface area contributed by atoms with Gasteiger partial charge in [-0.3, -0.25) is 14.5 Å². The summed E-state index contributed by atoms with van der Waals surface area (Å²) < 4.78 is 0. The molecule has 0 radical (unpaired) electrons. The zero-order valence-electron chi connectivity index (χ0n) is 13.1. The van der Waals surface area contributed by atoms with Gasteiger partial charge in [-0.1, -0.05) is 30.3 Å². The van der Waals surface area contributed by atoms with E-state index in [1.807, 2.05) is 44.2 Å². The Morgan fingerprint density at radius 3 is 2.57 bits per heavy atom. The third kappa shape index (κ3) is 3.06. The molecule has 6 nitrogen and oxygen atoms in total. The molecule has 1 aromatic carbocycles. The van der Waals surface area contributed by atoms with Gasteiger partial charge in [0.05, 0.1) is 6.42 Å². The van der Waals surface area contributed by atoms with E-state index in [1.54, 1.807) is 12.3 Å². The maximum atomic E-state index is 12.3. The molecule has 0 unspecified atom stereocenters. The van der Waals surface area contributed by atoms with E-state index in [9.17, 15) is 9.59 Å². The van der Waals surface area contributed by atoms with Crippen molar-refractivity contribution < 1.29 is 9.59 Å². The molecule has 2 heterocycles. The fraction of sp³-hybridized carbons (Fsp3) is 0.294. The van der Waals surface area contributed by atoms with Gasteiger partial charge >= 0.3 is 0 Å². The standard InChI is InChI=1S/C17H18N4O2/c1-11(2)21-15(22)10-13(17(21)23)19-14-8-9-18-16(20-14)12-6-4-3-5-7-12/h3-9,11,13H,10H2,1-2H3,(H,18,19,20)/t13-/m0/s1. The number of amides is 2. The number of nitrogens with one attached hydrogen (secondary N) is 1. The summed E-state index contributed by atoms with van der Waals surface area (Å²) >= 11 is 0. The summed E-state index contributed by atoms with van der Waals surface area (Å²) in [7, 11) is 0. The van der Waals surface area contributed by atoms with Crippen LogP contribution in [0.5, 0.6) is 0 Å². The molecule has 2 aromatic rings. The van der Waals surface area contributed by atoms with E-state index in [-0.39, 0.29) is 24.3 Å². The smallest absolute Gasteiger partial charge is 0.252 e. The second-order valence-electron chi connectivity index (χ2n) is 5.73. The lowest BCUT2D eigenvalue weighted by molar-refractivity contribution is -0.140. The second kappa shape index (κ2) is 6.16. The summed E-state index contributed by atoms with van der Waals surface area (Å²) in [5.74, 6) is 0.758. The number of nitrogens with zero attached hydrogens (tertiary/aromatic N) is 3. The molecular weight excluding hydrogens is 292 g/mol. The molecule has 0 spiro atoms. The minimum absolute atomic E-state index is 0.132. The van der Waals surface area contributed by atoms with E-state index < -0.39 is 6.04 Å². The minimum atomic E-state index is -0.566. The molecule has 0 saturated carbocycles. The summed E-state index contributed by atoms with van der Waals surface area (Å²) in [4.78, 5) is 34.2. The van der Waals surface area contributed by atoms with Crippen molar-refractivity contribution in [3.05, 3.63) is 42.6 Å². The van der Waals surface area contributed by atoms with Crippen LogP contribution in [0.25, 0.3) is 11.4 Å². The predicted molar refractivity (Wildman–Crippen MR) is 86.5 cm³/mol. The van der Waals surface area contributed by atoms with Gasteiger partial charge in [0.2, 0.25) is 5.91 Å². The molecule has 1 N–H and O–H groups in total. The number of imide groups is 1. The highest BCUT2D eigenvalue weighted by Gasteiger charge is 2.40. The SMILES string of the molecule is CC(C)N1C(=O)C[C@H](Nc2ccnc(-c3ccccc3)n2)C1=O. The number of rotatable bonds is 4. The summed E-state index contributed by atoms with van der Waals surface area (Å²) in [6.07, 6.45) is 1.79. The number of anilines is 1. The maximum absolute atomic E-state index is 12.3. The molecule has 23 heavy (non-hydrogen) atoms. The first-order chi connectivity index (χ1) is 11.1. The number of aromatic nitrogens is 2. The van der Waals surface area contributed by atoms with Gasteiger partial charge in [0.15, 0.2) is 5.82 Å². The highest BCUT2D eigenvalue weighted by Crippen LogP contribution is 2.21. The van der Waals surface area contributed by atoms with E-state index >= 15 is 0 Å². The number of hydrogen-bond acceptors (Lipinski definition) is 5. The second-order valence-corrected chi connectivity index (χ2v) is 5.73. The van der Waals surface area contributed by atoms with Crippen molar-refractivity contribution in [2.75, 3.05) is 5.32 Å². The highest BCUT2D eigenvalue weighted by molar-refractivity contribution is 6.07. The average molecular weight is 310 g/mol. The number of carbonyl (C=O) groups is 2. The molecule has 1 aliphatic rings. The Balaban J connectivity index is 1.79. The van der Waals surface area contributed by atoms with Crippen LogP contribution in [0.2, 0.25) is 0 Å². The van der Waals surface area contributed by atoms with Gasteiger partial charge < -0.3 is 5.32 Å². The highest BCUT2D eigenvalue weighted by atomic mass is 16.2. The Hall–Kier alpha value is -2.76. The Morgan fingerprint density at radius 2 is 1.91 bits per heavy atom. The van der Waals surface area contributed by atoms with Crippen LogP contribution in [0.1, 0.15) is 20.3 Å². The molecule has 0 aliphatic carbocycles. The fourth-order valence-electron chi connectivity index (χ4n) is 2.65. The van der Waals surface area contributed by atoms with E-state index in [2.05, 4.69) is 15.3 Å². The molecule has 1 saturated heterocycles. The zero-order valence-corrected chi connectivity index (χ0v) is 13.1. The molecule has 118 valence electrons. The molecule has 0 bridgehead atoms. The summed E-state index contributed by atoms with van der Waals surface area (Å²) in [5.41, 5.74) is 0.897. The lowest BCUT2D eigenvalue weighted by atomic mass is 10.2. The number of hydrogen-bond donors (Lipinski definition) is 1. The van der Waals surface area contributed by atoms with Crippen molar-refractivity contribution in [2.24, 2.45) is 0 Å². The third-order valence-electron chi connectivity index (χ3n) is 3.71. The van der Waals surface area contributed by atoms with Crippen molar-refractivity contribution in [1.29, 1.82) is 0 Å². The molecule has 2 amide bonds. The quantitative estimate of drug-likeness (QED) is 0.875. The van der Waals surface area contributed by atoms with Crippen LogP contribution in [0, 0.1) is 0 Å². The molecule has 1 aromatic heterocycles. The van der Waals surface area contributed by atoms with Crippen LogP contribution < -0.4 is 5.32 Å². The van der Waals surface area contributed by atoms with Gasteiger partial charge in [-0.15, -0.1) is 0 Å². The Bertz CT molecular complexity index is 730. The van der Waals surface area contributed by atoms with Crippen molar-refractivity contribution in [3.8, 4) is 11.4 Å². The maximum Gasteiger partial charge on any atom is 0.252 e. The first-order valence-electron chi connectivity index (χ1n) is 7.57. The molecule has 1 aliphatic heterocycles. The van der Waals surface area contributed by atoms with Crippen molar-refractivity contribution in [2.45, 2.75) is 32.4 Å². The largest absolute Gasteiger partial charge is 0.358 e. The van der Waals surface area contributed by atoms with Gasteiger partial charge in [-0.25, -0.2) is 9.97 Å². The van der Waals surface area contributed by atoms with Gasteiger partial charge in [0.25, 0.3) is 5.91 Å². The van der Waals surface area contributed by atoms with E-state index in [0.717, 1.165) is 5.56 Å². The number of carbonyl (C=O) groups excluding carboxylic acids is 2. The van der Waals surface area contributed by atoms with Crippen molar-refractivity contribution in [3.63, 3.8) is 0 Å². The van der Waals surface area contributed by atoms with Gasteiger partial charge in [-0.05, 0) is 19.9 Å². The Kier molecular flexibility index (Phi) is 4.06. The third-order valence-corrected chi connectivity index (χ3v) is 3.71. The average Bonchev–Trinajstić information content (AvgIpc) is 2.82. The van der Waals surface area contributed by atoms with Crippen LogP contribution >= 0.6 is 0 Å². The predicted octanol–water partition coefficient (Wildman–Crippen LogP) is 2.09. The lowest BCUT2D eigenvalue weighted by Crippen LogP contribution is -2.39.